The second-order valence-electron chi connectivity index (χ2n) is 6.82. The van der Waals surface area contributed by atoms with Gasteiger partial charge in [0.05, 0.1) is 5.52 Å². The van der Waals surface area contributed by atoms with E-state index in [0.29, 0.717) is 6.79 Å². The van der Waals surface area contributed by atoms with Crippen LogP contribution in [0.2, 0.25) is 0 Å². The number of hydrogen-bond donors (Lipinski definition) is 1. The van der Waals surface area contributed by atoms with Crippen LogP contribution in [0.1, 0.15) is 17.7 Å². The Kier molecular flexibility index (Phi) is 3.87. The van der Waals surface area contributed by atoms with Crippen molar-refractivity contribution in [3.8, 4) is 11.5 Å². The molecule has 2 aliphatic rings. The molecular formula is C21H21N3O2. The lowest BCUT2D eigenvalue weighted by molar-refractivity contribution is 0.174. The fourth-order valence-electron chi connectivity index (χ4n) is 3.75. The van der Waals surface area contributed by atoms with Crippen LogP contribution in [0.3, 0.4) is 0 Å². The molecule has 0 unspecified atom stereocenters. The molecule has 0 amide bonds. The summed E-state index contributed by atoms with van der Waals surface area (Å²) in [5.41, 5.74) is 4.91. The Morgan fingerprint density at radius 2 is 2.00 bits per heavy atom. The number of aromatic amines is 1. The van der Waals surface area contributed by atoms with Gasteiger partial charge in [0, 0.05) is 37.1 Å². The van der Waals surface area contributed by atoms with E-state index in [2.05, 4.69) is 51.5 Å². The summed E-state index contributed by atoms with van der Waals surface area (Å²) in [7, 11) is 0. The topological polar surface area (TPSA) is 50.4 Å². The summed E-state index contributed by atoms with van der Waals surface area (Å²) in [6.45, 7) is 3.42. The van der Waals surface area contributed by atoms with Crippen molar-refractivity contribution in [1.29, 1.82) is 0 Å². The van der Waals surface area contributed by atoms with E-state index in [1.807, 2.05) is 12.1 Å². The summed E-state index contributed by atoms with van der Waals surface area (Å²) in [4.78, 5) is 2.49. The number of fused-ring (bicyclic) bond motifs is 2. The Morgan fingerprint density at radius 1 is 1.08 bits per heavy atom. The molecule has 3 heterocycles. The molecule has 5 heteroatoms. The van der Waals surface area contributed by atoms with Gasteiger partial charge in [0.1, 0.15) is 0 Å². The van der Waals surface area contributed by atoms with Crippen molar-refractivity contribution in [1.82, 2.24) is 15.1 Å². The van der Waals surface area contributed by atoms with Crippen molar-refractivity contribution in [2.24, 2.45) is 0 Å². The first-order chi connectivity index (χ1) is 12.9. The molecule has 132 valence electrons. The van der Waals surface area contributed by atoms with Crippen molar-refractivity contribution in [3.63, 3.8) is 0 Å². The van der Waals surface area contributed by atoms with E-state index in [1.165, 1.54) is 22.2 Å². The Balaban J connectivity index is 1.24. The minimum absolute atomic E-state index is 0.327. The van der Waals surface area contributed by atoms with E-state index in [4.69, 9.17) is 9.47 Å². The third-order valence-electron chi connectivity index (χ3n) is 5.26. The zero-order valence-electron chi connectivity index (χ0n) is 14.6. The molecule has 0 bridgehead atoms. The zero-order chi connectivity index (χ0) is 17.3. The van der Waals surface area contributed by atoms with E-state index in [1.54, 1.807) is 0 Å². The number of para-hydroxylation sites is 1. The van der Waals surface area contributed by atoms with E-state index in [9.17, 15) is 0 Å². The molecule has 0 spiro atoms. The van der Waals surface area contributed by atoms with Crippen LogP contribution in [-0.2, 0) is 6.42 Å². The Labute approximate surface area is 152 Å². The molecule has 0 saturated heterocycles. The smallest absolute Gasteiger partial charge is 0.231 e. The lowest BCUT2D eigenvalue weighted by Gasteiger charge is -2.26. The van der Waals surface area contributed by atoms with Gasteiger partial charge in [-0.05, 0) is 35.8 Å². The molecule has 5 nitrogen and oxygen atoms in total. The van der Waals surface area contributed by atoms with Crippen molar-refractivity contribution in [2.45, 2.75) is 12.8 Å². The summed E-state index contributed by atoms with van der Waals surface area (Å²) < 4.78 is 10.9. The van der Waals surface area contributed by atoms with Gasteiger partial charge >= 0.3 is 0 Å². The number of H-pyrrole nitrogens is 1. The highest BCUT2D eigenvalue weighted by atomic mass is 16.7. The minimum atomic E-state index is 0.327. The first kappa shape index (κ1) is 15.5. The fraction of sp³-hybridized carbons (Fsp3) is 0.286. The summed E-state index contributed by atoms with van der Waals surface area (Å²) in [6, 6.07) is 14.5. The summed E-state index contributed by atoms with van der Waals surface area (Å²) in [5.74, 6) is 1.70. The minimum Gasteiger partial charge on any atom is -0.454 e. The number of ether oxygens (including phenoxy) is 2. The maximum absolute atomic E-state index is 5.50. The number of nitrogens with zero attached hydrogens (tertiary/aromatic N) is 2. The molecule has 2 aromatic carbocycles. The quantitative estimate of drug-likeness (QED) is 0.783. The number of benzene rings is 2. The van der Waals surface area contributed by atoms with Gasteiger partial charge in [0.15, 0.2) is 11.5 Å². The van der Waals surface area contributed by atoms with Crippen LogP contribution in [0.15, 0.2) is 48.5 Å². The second kappa shape index (κ2) is 6.50. The van der Waals surface area contributed by atoms with Crippen LogP contribution in [0, 0.1) is 0 Å². The molecule has 0 saturated carbocycles. The van der Waals surface area contributed by atoms with Crippen molar-refractivity contribution in [3.05, 3.63) is 59.8 Å². The van der Waals surface area contributed by atoms with E-state index < -0.39 is 0 Å². The van der Waals surface area contributed by atoms with Crippen LogP contribution in [0.4, 0.5) is 0 Å². The summed E-state index contributed by atoms with van der Waals surface area (Å²) >= 11 is 0. The molecule has 26 heavy (non-hydrogen) atoms. The third kappa shape index (κ3) is 2.84. The van der Waals surface area contributed by atoms with Gasteiger partial charge in [0.2, 0.25) is 6.79 Å². The average Bonchev–Trinajstić information content (AvgIpc) is 3.33. The van der Waals surface area contributed by atoms with Crippen LogP contribution in [0.5, 0.6) is 11.5 Å². The first-order valence-electron chi connectivity index (χ1n) is 9.10. The summed E-state index contributed by atoms with van der Waals surface area (Å²) in [5, 5.41) is 8.82. The Hall–Kier alpha value is -2.79. The first-order valence-corrected chi connectivity index (χ1v) is 9.10. The molecule has 1 N–H and O–H groups in total. The fourth-order valence-corrected chi connectivity index (χ4v) is 3.75. The maximum atomic E-state index is 5.50. The average molecular weight is 347 g/mol. The van der Waals surface area contributed by atoms with Gasteiger partial charge < -0.3 is 9.47 Å². The van der Waals surface area contributed by atoms with Gasteiger partial charge in [-0.25, -0.2) is 0 Å². The second-order valence-corrected chi connectivity index (χ2v) is 6.82. The highest BCUT2D eigenvalue weighted by Gasteiger charge is 2.17. The van der Waals surface area contributed by atoms with Crippen LogP contribution >= 0.6 is 0 Å². The van der Waals surface area contributed by atoms with E-state index >= 15 is 0 Å². The SMILES string of the molecule is C1=C(c2ccc3c(c2)OCO3)CCN(CCc2[nH]nc3ccccc23)C1. The van der Waals surface area contributed by atoms with Crippen LogP contribution in [0.25, 0.3) is 16.5 Å². The number of hydrogen-bond acceptors (Lipinski definition) is 4. The number of nitrogens with one attached hydrogen (secondary N) is 1. The van der Waals surface area contributed by atoms with Crippen LogP contribution < -0.4 is 9.47 Å². The summed E-state index contributed by atoms with van der Waals surface area (Å²) in [6.07, 6.45) is 4.39. The van der Waals surface area contributed by atoms with Gasteiger partial charge in [-0.1, -0.05) is 30.3 Å². The molecule has 0 aliphatic carbocycles. The molecule has 0 atom stereocenters. The van der Waals surface area contributed by atoms with Gasteiger partial charge in [-0.2, -0.15) is 5.10 Å². The number of rotatable bonds is 4. The largest absolute Gasteiger partial charge is 0.454 e. The Morgan fingerprint density at radius 3 is 2.92 bits per heavy atom. The van der Waals surface area contributed by atoms with Crippen molar-refractivity contribution in [2.75, 3.05) is 26.4 Å². The van der Waals surface area contributed by atoms with Gasteiger partial charge in [0.25, 0.3) is 0 Å². The lowest BCUT2D eigenvalue weighted by atomic mass is 9.99. The molecule has 0 fully saturated rings. The van der Waals surface area contributed by atoms with E-state index in [0.717, 1.165) is 49.5 Å². The molecule has 3 aromatic rings. The van der Waals surface area contributed by atoms with Crippen molar-refractivity contribution >= 4 is 16.5 Å². The molecular weight excluding hydrogens is 326 g/mol. The normalized spacial score (nSPS) is 16.8. The van der Waals surface area contributed by atoms with Gasteiger partial charge in [-0.3, -0.25) is 10.00 Å². The predicted molar refractivity (Wildman–Crippen MR) is 101 cm³/mol. The highest BCUT2D eigenvalue weighted by Crippen LogP contribution is 2.35. The van der Waals surface area contributed by atoms with Gasteiger partial charge in [-0.15, -0.1) is 0 Å². The third-order valence-corrected chi connectivity index (χ3v) is 5.26. The molecule has 1 aromatic heterocycles. The van der Waals surface area contributed by atoms with Crippen molar-refractivity contribution < 1.29 is 9.47 Å². The lowest BCUT2D eigenvalue weighted by Crippen LogP contribution is -2.30. The number of aromatic nitrogens is 2. The van der Waals surface area contributed by atoms with E-state index in [-0.39, 0.29) is 0 Å². The predicted octanol–water partition coefficient (Wildman–Crippen LogP) is 3.62. The molecule has 2 aliphatic heterocycles. The monoisotopic (exact) mass is 347 g/mol. The molecule has 0 radical (unpaired) electrons. The van der Waals surface area contributed by atoms with Crippen LogP contribution in [-0.4, -0.2) is 41.5 Å². The Bertz CT molecular complexity index is 976. The standard InChI is InChI=1S/C21H21N3O2/c1-2-4-18-17(3-1)19(23-22-18)9-12-24-10-7-15(8-11-24)16-5-6-20-21(13-16)26-14-25-20/h1-7,13H,8-12,14H2,(H,22,23). The highest BCUT2D eigenvalue weighted by molar-refractivity contribution is 5.81. The zero-order valence-corrected chi connectivity index (χ0v) is 14.6. The maximum Gasteiger partial charge on any atom is 0.231 e. The molecule has 5 rings (SSSR count).